The Morgan fingerprint density at radius 1 is 1.50 bits per heavy atom. The fraction of sp³-hybridized carbons (Fsp3) is 0.462. The van der Waals surface area contributed by atoms with E-state index in [-0.39, 0.29) is 6.04 Å². The van der Waals surface area contributed by atoms with Gasteiger partial charge < -0.3 is 10.4 Å². The molecule has 3 nitrogen and oxygen atoms in total. The summed E-state index contributed by atoms with van der Waals surface area (Å²) < 4.78 is 0. The van der Waals surface area contributed by atoms with Gasteiger partial charge in [0.05, 0.1) is 11.7 Å². The molecule has 0 saturated carbocycles. The maximum Gasteiger partial charge on any atom is 0.115 e. The highest BCUT2D eigenvalue weighted by Crippen LogP contribution is 2.25. The number of aliphatic hydroxyl groups excluding tert-OH is 1. The molecule has 1 aliphatic carbocycles. The normalized spacial score (nSPS) is 23.1. The van der Waals surface area contributed by atoms with E-state index in [4.69, 9.17) is 0 Å². The minimum Gasteiger partial charge on any atom is -0.385 e. The zero-order valence-electron chi connectivity index (χ0n) is 9.56. The second-order valence-corrected chi connectivity index (χ2v) is 4.12. The first-order chi connectivity index (χ1) is 7.83. The van der Waals surface area contributed by atoms with Gasteiger partial charge >= 0.3 is 0 Å². The smallest absolute Gasteiger partial charge is 0.115 e. The maximum absolute atomic E-state index is 10.1. The molecule has 1 aromatic heterocycles. The predicted octanol–water partition coefficient (Wildman–Crippen LogP) is 1.90. The number of hydrogen-bond donors (Lipinski definition) is 2. The van der Waals surface area contributed by atoms with Crippen molar-refractivity contribution in [2.45, 2.75) is 31.9 Å². The summed E-state index contributed by atoms with van der Waals surface area (Å²) in [5.74, 6) is 0. The number of unbranched alkanes of at least 4 members (excludes halogenated alkanes) is 1. The average Bonchev–Trinajstić information content (AvgIpc) is 2.33. The highest BCUT2D eigenvalue weighted by molar-refractivity contribution is 5.56. The van der Waals surface area contributed by atoms with Crippen LogP contribution in [0.5, 0.6) is 0 Å². The quantitative estimate of drug-likeness (QED) is 0.759. The lowest BCUT2D eigenvalue weighted by Gasteiger charge is -2.25. The topological polar surface area (TPSA) is 45.2 Å². The molecule has 2 unspecified atom stereocenters. The van der Waals surface area contributed by atoms with Crippen LogP contribution in [0.25, 0.3) is 6.08 Å². The van der Waals surface area contributed by atoms with Gasteiger partial charge in [-0.05, 0) is 24.6 Å². The Hall–Kier alpha value is -1.19. The van der Waals surface area contributed by atoms with E-state index in [1.807, 2.05) is 24.3 Å². The summed E-state index contributed by atoms with van der Waals surface area (Å²) in [6.45, 7) is 3.09. The van der Waals surface area contributed by atoms with Crippen molar-refractivity contribution >= 4 is 6.08 Å². The number of pyridine rings is 1. The minimum absolute atomic E-state index is 0.00560. The van der Waals surface area contributed by atoms with Gasteiger partial charge in [-0.15, -0.1) is 0 Å². The molecule has 0 fully saturated rings. The largest absolute Gasteiger partial charge is 0.385 e. The summed E-state index contributed by atoms with van der Waals surface area (Å²) in [6, 6.07) is 3.86. The van der Waals surface area contributed by atoms with Gasteiger partial charge in [0, 0.05) is 6.20 Å². The number of aromatic nitrogens is 1. The second kappa shape index (κ2) is 5.23. The molecule has 0 radical (unpaired) electrons. The summed E-state index contributed by atoms with van der Waals surface area (Å²) in [7, 11) is 0. The molecule has 0 aliphatic heterocycles. The number of nitrogens with one attached hydrogen (secondary N) is 1. The fourth-order valence-electron chi connectivity index (χ4n) is 1.93. The van der Waals surface area contributed by atoms with Crippen molar-refractivity contribution < 1.29 is 5.11 Å². The molecular formula is C13H18N2O. The van der Waals surface area contributed by atoms with Crippen molar-refractivity contribution in [1.29, 1.82) is 0 Å². The summed E-state index contributed by atoms with van der Waals surface area (Å²) in [6.07, 6.45) is 7.53. The molecule has 0 aromatic carbocycles. The van der Waals surface area contributed by atoms with Crippen molar-refractivity contribution in [3.8, 4) is 0 Å². The lowest BCUT2D eigenvalue weighted by Crippen LogP contribution is -2.36. The summed E-state index contributed by atoms with van der Waals surface area (Å²) in [5.41, 5.74) is 1.79. The Morgan fingerprint density at radius 3 is 3.19 bits per heavy atom. The van der Waals surface area contributed by atoms with Crippen LogP contribution in [0.1, 0.15) is 37.1 Å². The molecule has 0 bridgehead atoms. The Kier molecular flexibility index (Phi) is 3.70. The van der Waals surface area contributed by atoms with E-state index in [1.54, 1.807) is 6.20 Å². The first kappa shape index (κ1) is 11.3. The lowest BCUT2D eigenvalue weighted by atomic mass is 9.96. The Morgan fingerprint density at radius 2 is 2.38 bits per heavy atom. The number of hydrogen-bond acceptors (Lipinski definition) is 3. The van der Waals surface area contributed by atoms with Gasteiger partial charge in [-0.25, -0.2) is 0 Å². The molecule has 0 spiro atoms. The molecule has 86 valence electrons. The first-order valence-electron chi connectivity index (χ1n) is 5.87. The lowest BCUT2D eigenvalue weighted by molar-refractivity contribution is 0.141. The molecule has 2 N–H and O–H groups in total. The first-order valence-corrected chi connectivity index (χ1v) is 5.87. The highest BCUT2D eigenvalue weighted by atomic mass is 16.3. The van der Waals surface area contributed by atoms with Crippen LogP contribution >= 0.6 is 0 Å². The van der Waals surface area contributed by atoms with Crippen molar-refractivity contribution in [2.75, 3.05) is 6.54 Å². The third-order valence-electron chi connectivity index (χ3n) is 2.89. The molecule has 1 heterocycles. The van der Waals surface area contributed by atoms with Gasteiger partial charge in [0.1, 0.15) is 6.10 Å². The van der Waals surface area contributed by atoms with E-state index < -0.39 is 6.10 Å². The van der Waals surface area contributed by atoms with E-state index in [0.29, 0.717) is 0 Å². The Balaban J connectivity index is 2.06. The van der Waals surface area contributed by atoms with Gasteiger partial charge in [0.15, 0.2) is 0 Å². The van der Waals surface area contributed by atoms with Crippen LogP contribution in [0.2, 0.25) is 0 Å². The van der Waals surface area contributed by atoms with Gasteiger partial charge in [-0.3, -0.25) is 4.98 Å². The van der Waals surface area contributed by atoms with E-state index in [2.05, 4.69) is 17.2 Å². The average molecular weight is 218 g/mol. The van der Waals surface area contributed by atoms with Crippen LogP contribution in [0.3, 0.4) is 0 Å². The Labute approximate surface area is 96.2 Å². The van der Waals surface area contributed by atoms with Crippen LogP contribution in [0, 0.1) is 0 Å². The number of rotatable bonds is 4. The monoisotopic (exact) mass is 218 g/mol. The van der Waals surface area contributed by atoms with Crippen molar-refractivity contribution in [2.24, 2.45) is 0 Å². The maximum atomic E-state index is 10.1. The van der Waals surface area contributed by atoms with Gasteiger partial charge in [-0.1, -0.05) is 31.6 Å². The third kappa shape index (κ3) is 2.31. The van der Waals surface area contributed by atoms with E-state index in [0.717, 1.165) is 30.6 Å². The molecule has 0 saturated heterocycles. The van der Waals surface area contributed by atoms with Crippen molar-refractivity contribution in [3.05, 3.63) is 35.7 Å². The molecular weight excluding hydrogens is 200 g/mol. The van der Waals surface area contributed by atoms with Gasteiger partial charge in [-0.2, -0.15) is 0 Å². The summed E-state index contributed by atoms with van der Waals surface area (Å²) in [5, 5.41) is 13.5. The zero-order chi connectivity index (χ0) is 11.4. The summed E-state index contributed by atoms with van der Waals surface area (Å²) >= 11 is 0. The zero-order valence-corrected chi connectivity index (χ0v) is 9.56. The molecule has 2 atom stereocenters. The van der Waals surface area contributed by atoms with E-state index in [9.17, 15) is 5.11 Å². The summed E-state index contributed by atoms with van der Waals surface area (Å²) in [4.78, 5) is 4.24. The minimum atomic E-state index is -0.530. The van der Waals surface area contributed by atoms with E-state index in [1.165, 1.54) is 0 Å². The molecule has 2 rings (SSSR count). The molecule has 1 aromatic rings. The molecule has 3 heteroatoms. The van der Waals surface area contributed by atoms with Crippen molar-refractivity contribution in [1.82, 2.24) is 10.3 Å². The third-order valence-corrected chi connectivity index (χ3v) is 2.89. The van der Waals surface area contributed by atoms with Crippen LogP contribution in [0.4, 0.5) is 0 Å². The van der Waals surface area contributed by atoms with Gasteiger partial charge in [0.2, 0.25) is 0 Å². The van der Waals surface area contributed by atoms with Crippen LogP contribution in [-0.4, -0.2) is 22.7 Å². The standard InChI is InChI=1S/C13H18N2O/c1-2-3-8-14-11-7-6-10-5-4-9-15-12(10)13(11)16/h4-7,9,11,13-14,16H,2-3,8H2,1H3. The van der Waals surface area contributed by atoms with Crippen molar-refractivity contribution in [3.63, 3.8) is 0 Å². The number of aliphatic hydroxyl groups is 1. The molecule has 0 amide bonds. The highest BCUT2D eigenvalue weighted by Gasteiger charge is 2.24. The molecule has 16 heavy (non-hydrogen) atoms. The van der Waals surface area contributed by atoms with E-state index >= 15 is 0 Å². The van der Waals surface area contributed by atoms with Crippen LogP contribution in [-0.2, 0) is 0 Å². The van der Waals surface area contributed by atoms with Crippen LogP contribution < -0.4 is 5.32 Å². The second-order valence-electron chi connectivity index (χ2n) is 4.12. The number of nitrogens with zero attached hydrogens (tertiary/aromatic N) is 1. The molecule has 1 aliphatic rings. The Bertz CT molecular complexity index is 376. The fourth-order valence-corrected chi connectivity index (χ4v) is 1.93. The predicted molar refractivity (Wildman–Crippen MR) is 64.9 cm³/mol. The van der Waals surface area contributed by atoms with Gasteiger partial charge in [0.25, 0.3) is 0 Å². The van der Waals surface area contributed by atoms with Crippen LogP contribution in [0.15, 0.2) is 24.4 Å². The SMILES string of the molecule is CCCCNC1C=Cc2cccnc2C1O. The number of fused-ring (bicyclic) bond motifs is 1.